The van der Waals surface area contributed by atoms with Crippen LogP contribution in [0.25, 0.3) is 11.3 Å². The molecule has 6 rings (SSSR count). The Balaban J connectivity index is 1.09. The molecule has 0 atom stereocenters. The molecule has 0 unspecified atom stereocenters. The maximum Gasteiger partial charge on any atom is 0.240 e. The highest BCUT2D eigenvalue weighted by atomic mass is 32.1. The van der Waals surface area contributed by atoms with E-state index in [-0.39, 0.29) is 17.7 Å². The summed E-state index contributed by atoms with van der Waals surface area (Å²) in [5.74, 6) is 0.482. The monoisotopic (exact) mass is 458 g/mol. The van der Waals surface area contributed by atoms with Crippen molar-refractivity contribution in [2.75, 3.05) is 29.9 Å². The standard InChI is InChI=1S/C26H26N4O2S/c31-24(15-29-11-9-17-3-1-2-4-21(17)14-29)28-26-27-22(16-33-26)19-7-8-23-20(13-19)10-12-30(23)25(32)18-5-6-18/h1-4,7-8,13,16,18H,5-6,9-12,14-15H2,(H,27,28,31). The van der Waals surface area contributed by atoms with Crippen molar-refractivity contribution < 1.29 is 9.59 Å². The summed E-state index contributed by atoms with van der Waals surface area (Å²) in [6, 6.07) is 14.7. The van der Waals surface area contributed by atoms with Gasteiger partial charge in [-0.1, -0.05) is 30.3 Å². The predicted octanol–water partition coefficient (Wildman–Crippen LogP) is 4.11. The van der Waals surface area contributed by atoms with Crippen molar-refractivity contribution >= 4 is 34.0 Å². The number of nitrogens with zero attached hydrogens (tertiary/aromatic N) is 3. The van der Waals surface area contributed by atoms with E-state index in [2.05, 4.69) is 45.5 Å². The van der Waals surface area contributed by atoms with Crippen LogP contribution in [-0.4, -0.2) is 41.3 Å². The van der Waals surface area contributed by atoms with E-state index in [1.165, 1.54) is 28.0 Å². The molecule has 6 nitrogen and oxygen atoms in total. The van der Waals surface area contributed by atoms with Crippen molar-refractivity contribution in [3.8, 4) is 11.3 Å². The van der Waals surface area contributed by atoms with Crippen LogP contribution in [0.15, 0.2) is 47.8 Å². The third kappa shape index (κ3) is 4.18. The molecular weight excluding hydrogens is 432 g/mol. The van der Waals surface area contributed by atoms with E-state index in [9.17, 15) is 9.59 Å². The Morgan fingerprint density at radius 2 is 1.85 bits per heavy atom. The SMILES string of the molecule is O=C(CN1CCc2ccccc2C1)Nc1nc(-c2ccc3c(c2)CCN3C(=O)C2CC2)cs1. The van der Waals surface area contributed by atoms with Gasteiger partial charge in [0.25, 0.3) is 0 Å². The maximum absolute atomic E-state index is 12.6. The van der Waals surface area contributed by atoms with Crippen LogP contribution in [0.4, 0.5) is 10.8 Å². The Bertz CT molecular complexity index is 1230. The minimum Gasteiger partial charge on any atom is -0.312 e. The molecule has 1 fully saturated rings. The molecule has 0 radical (unpaired) electrons. The van der Waals surface area contributed by atoms with E-state index in [1.807, 2.05) is 22.4 Å². The first-order chi connectivity index (χ1) is 16.1. The second-order valence-electron chi connectivity index (χ2n) is 9.17. The van der Waals surface area contributed by atoms with Gasteiger partial charge in [-0.15, -0.1) is 11.3 Å². The van der Waals surface area contributed by atoms with Crippen molar-refractivity contribution in [2.24, 2.45) is 5.92 Å². The van der Waals surface area contributed by atoms with Gasteiger partial charge in [0.1, 0.15) is 0 Å². The van der Waals surface area contributed by atoms with Crippen LogP contribution in [0.2, 0.25) is 0 Å². The number of fused-ring (bicyclic) bond motifs is 2. The van der Waals surface area contributed by atoms with Crippen LogP contribution >= 0.6 is 11.3 Å². The Morgan fingerprint density at radius 1 is 1.03 bits per heavy atom. The number of thiazole rings is 1. The highest BCUT2D eigenvalue weighted by Crippen LogP contribution is 2.38. The Labute approximate surface area is 197 Å². The van der Waals surface area contributed by atoms with Gasteiger partial charge in [0.2, 0.25) is 11.8 Å². The molecule has 3 aliphatic rings. The molecule has 33 heavy (non-hydrogen) atoms. The van der Waals surface area contributed by atoms with Crippen LogP contribution in [-0.2, 0) is 29.0 Å². The van der Waals surface area contributed by atoms with Crippen molar-refractivity contribution in [2.45, 2.75) is 32.2 Å². The summed E-state index contributed by atoms with van der Waals surface area (Å²) in [7, 11) is 0. The molecule has 0 spiro atoms. The fraction of sp³-hybridized carbons (Fsp3) is 0.346. The summed E-state index contributed by atoms with van der Waals surface area (Å²) in [6.45, 7) is 2.84. The summed E-state index contributed by atoms with van der Waals surface area (Å²) in [6.07, 6.45) is 3.92. The number of benzene rings is 2. The first-order valence-electron chi connectivity index (χ1n) is 11.6. The average molecular weight is 459 g/mol. The molecule has 1 saturated carbocycles. The van der Waals surface area contributed by atoms with Crippen LogP contribution in [0.5, 0.6) is 0 Å². The van der Waals surface area contributed by atoms with Crippen molar-refractivity contribution in [3.05, 3.63) is 64.5 Å². The first-order valence-corrected chi connectivity index (χ1v) is 12.5. The fourth-order valence-electron chi connectivity index (χ4n) is 4.86. The van der Waals surface area contributed by atoms with Gasteiger partial charge in [-0.05, 0) is 54.5 Å². The summed E-state index contributed by atoms with van der Waals surface area (Å²) < 4.78 is 0. The number of hydrogen-bond acceptors (Lipinski definition) is 5. The van der Waals surface area contributed by atoms with E-state index in [1.54, 1.807) is 0 Å². The zero-order valence-electron chi connectivity index (χ0n) is 18.4. The molecule has 2 amide bonds. The number of carbonyl (C=O) groups is 2. The first kappa shape index (κ1) is 20.6. The number of anilines is 2. The number of nitrogens with one attached hydrogen (secondary N) is 1. The fourth-order valence-corrected chi connectivity index (χ4v) is 5.59. The third-order valence-electron chi connectivity index (χ3n) is 6.79. The normalized spacial score (nSPS) is 17.5. The van der Waals surface area contributed by atoms with Crippen LogP contribution < -0.4 is 10.2 Å². The summed E-state index contributed by atoms with van der Waals surface area (Å²) in [5, 5.41) is 5.58. The lowest BCUT2D eigenvalue weighted by Crippen LogP contribution is -2.37. The molecule has 2 aliphatic heterocycles. The number of amides is 2. The number of rotatable bonds is 5. The van der Waals surface area contributed by atoms with Gasteiger partial charge in [-0.3, -0.25) is 14.5 Å². The molecule has 1 N–H and O–H groups in total. The Kier molecular flexibility index (Phi) is 5.23. The number of aromatic nitrogens is 1. The minimum atomic E-state index is -0.0292. The van der Waals surface area contributed by atoms with Gasteiger partial charge in [-0.2, -0.15) is 0 Å². The third-order valence-corrected chi connectivity index (χ3v) is 7.55. The second-order valence-corrected chi connectivity index (χ2v) is 10.0. The zero-order valence-corrected chi connectivity index (χ0v) is 19.2. The molecule has 1 aromatic heterocycles. The zero-order chi connectivity index (χ0) is 22.4. The van der Waals surface area contributed by atoms with Crippen molar-refractivity contribution in [1.82, 2.24) is 9.88 Å². The van der Waals surface area contributed by atoms with Crippen molar-refractivity contribution in [3.63, 3.8) is 0 Å². The minimum absolute atomic E-state index is 0.0292. The lowest BCUT2D eigenvalue weighted by Gasteiger charge is -2.27. The summed E-state index contributed by atoms with van der Waals surface area (Å²) >= 11 is 1.45. The smallest absolute Gasteiger partial charge is 0.240 e. The van der Waals surface area contributed by atoms with E-state index >= 15 is 0 Å². The van der Waals surface area contributed by atoms with Crippen LogP contribution in [0, 0.1) is 5.92 Å². The lowest BCUT2D eigenvalue weighted by atomic mass is 10.00. The molecular formula is C26H26N4O2S. The highest BCUT2D eigenvalue weighted by molar-refractivity contribution is 7.14. The van der Waals surface area contributed by atoms with Gasteiger partial charge in [0.05, 0.1) is 12.2 Å². The van der Waals surface area contributed by atoms with Crippen LogP contribution in [0.1, 0.15) is 29.5 Å². The number of carbonyl (C=O) groups excluding carboxylic acids is 2. The largest absolute Gasteiger partial charge is 0.312 e. The summed E-state index contributed by atoms with van der Waals surface area (Å²) in [4.78, 5) is 33.9. The van der Waals surface area contributed by atoms with E-state index in [0.717, 1.165) is 62.3 Å². The van der Waals surface area contributed by atoms with Crippen molar-refractivity contribution in [1.29, 1.82) is 0 Å². The Morgan fingerprint density at radius 3 is 2.70 bits per heavy atom. The molecule has 3 aromatic rings. The molecule has 0 saturated heterocycles. The van der Waals surface area contributed by atoms with Gasteiger partial charge in [0, 0.05) is 42.2 Å². The van der Waals surface area contributed by atoms with Crippen LogP contribution in [0.3, 0.4) is 0 Å². The highest BCUT2D eigenvalue weighted by Gasteiger charge is 2.36. The topological polar surface area (TPSA) is 65.5 Å². The summed E-state index contributed by atoms with van der Waals surface area (Å²) in [5.41, 5.74) is 6.82. The average Bonchev–Trinajstić information content (AvgIpc) is 3.44. The molecule has 168 valence electrons. The molecule has 2 aromatic carbocycles. The molecule has 1 aliphatic carbocycles. The lowest BCUT2D eigenvalue weighted by molar-refractivity contribution is -0.119. The molecule has 7 heteroatoms. The van der Waals surface area contributed by atoms with E-state index in [4.69, 9.17) is 0 Å². The molecule has 3 heterocycles. The van der Waals surface area contributed by atoms with Gasteiger partial charge in [0.15, 0.2) is 5.13 Å². The van der Waals surface area contributed by atoms with Gasteiger partial charge < -0.3 is 10.2 Å². The molecule has 0 bridgehead atoms. The Hall–Kier alpha value is -3.03. The number of hydrogen-bond donors (Lipinski definition) is 1. The van der Waals surface area contributed by atoms with E-state index < -0.39 is 0 Å². The van der Waals surface area contributed by atoms with Gasteiger partial charge >= 0.3 is 0 Å². The second kappa shape index (κ2) is 8.39. The van der Waals surface area contributed by atoms with Gasteiger partial charge in [-0.25, -0.2) is 4.98 Å². The quantitative estimate of drug-likeness (QED) is 0.625. The maximum atomic E-state index is 12.6. The predicted molar refractivity (Wildman–Crippen MR) is 130 cm³/mol. The van der Waals surface area contributed by atoms with E-state index in [0.29, 0.717) is 11.7 Å².